The van der Waals surface area contributed by atoms with E-state index in [0.29, 0.717) is 11.4 Å². The number of Topliss-reactive ketones (excluding diaryl/α,β-unsaturated/α-hetero) is 1. The van der Waals surface area contributed by atoms with Gasteiger partial charge in [-0.25, -0.2) is 4.99 Å². The molecule has 1 aliphatic heterocycles. The monoisotopic (exact) mass is 305 g/mol. The second kappa shape index (κ2) is 4.08. The molecule has 1 aromatic carbocycles. The van der Waals surface area contributed by atoms with E-state index in [1.54, 1.807) is 6.92 Å². The lowest BCUT2D eigenvalue weighted by atomic mass is 9.53. The van der Waals surface area contributed by atoms with Crippen LogP contribution in [0.2, 0.25) is 5.02 Å². The van der Waals surface area contributed by atoms with Gasteiger partial charge in [0.1, 0.15) is 6.10 Å². The van der Waals surface area contributed by atoms with E-state index in [1.807, 2.05) is 24.3 Å². The number of aliphatic imine (C=N–C) groups is 1. The standard InChI is InChI=1S/C16H16ClNO3/c1-9(19)14-18-15-6-7-16(15,13(20)12(8-15)21-14)10-4-2-3-5-11(10)17/h2-5,9,12,19H,6-8H2,1H3. The Labute approximate surface area is 127 Å². The van der Waals surface area contributed by atoms with Gasteiger partial charge in [0.15, 0.2) is 11.9 Å². The van der Waals surface area contributed by atoms with Gasteiger partial charge in [0, 0.05) is 11.4 Å². The smallest absolute Gasteiger partial charge is 0.214 e. The van der Waals surface area contributed by atoms with Crippen LogP contribution in [-0.4, -0.2) is 34.5 Å². The normalized spacial score (nSPS) is 38.1. The highest BCUT2D eigenvalue weighted by molar-refractivity contribution is 6.32. The number of rotatable bonds is 2. The van der Waals surface area contributed by atoms with Gasteiger partial charge in [0.05, 0.1) is 11.0 Å². The molecule has 0 aromatic heterocycles. The number of fused-ring (bicyclic) bond motifs is 1. The molecule has 4 unspecified atom stereocenters. The number of nitrogens with zero attached hydrogens (tertiary/aromatic N) is 1. The minimum atomic E-state index is -0.792. The quantitative estimate of drug-likeness (QED) is 0.912. The molecule has 0 amide bonds. The highest BCUT2D eigenvalue weighted by Crippen LogP contribution is 2.64. The molecule has 1 spiro atoms. The van der Waals surface area contributed by atoms with Crippen LogP contribution in [0.15, 0.2) is 29.3 Å². The molecule has 2 fully saturated rings. The van der Waals surface area contributed by atoms with Crippen LogP contribution in [0, 0.1) is 0 Å². The van der Waals surface area contributed by atoms with Gasteiger partial charge in [-0.2, -0.15) is 0 Å². The fourth-order valence-electron chi connectivity index (χ4n) is 4.16. The van der Waals surface area contributed by atoms with E-state index in [0.717, 1.165) is 18.4 Å². The summed E-state index contributed by atoms with van der Waals surface area (Å²) < 4.78 is 5.62. The fourth-order valence-corrected chi connectivity index (χ4v) is 4.46. The van der Waals surface area contributed by atoms with Crippen LogP contribution < -0.4 is 0 Å². The van der Waals surface area contributed by atoms with E-state index in [-0.39, 0.29) is 11.7 Å². The number of aliphatic hydroxyl groups excluding tert-OH is 1. The summed E-state index contributed by atoms with van der Waals surface area (Å²) in [5, 5.41) is 10.4. The van der Waals surface area contributed by atoms with E-state index in [2.05, 4.69) is 4.99 Å². The summed E-state index contributed by atoms with van der Waals surface area (Å²) in [6.45, 7) is 1.61. The van der Waals surface area contributed by atoms with Crippen molar-refractivity contribution in [2.45, 2.75) is 49.3 Å². The highest BCUT2D eigenvalue weighted by atomic mass is 35.5. The van der Waals surface area contributed by atoms with E-state index in [9.17, 15) is 9.90 Å². The van der Waals surface area contributed by atoms with Crippen molar-refractivity contribution in [3.05, 3.63) is 34.9 Å². The molecular formula is C16H16ClNO3. The first-order valence-electron chi connectivity index (χ1n) is 7.24. The Morgan fingerprint density at radius 1 is 1.43 bits per heavy atom. The number of carbonyl (C=O) groups is 1. The average Bonchev–Trinajstić information content (AvgIpc) is 2.57. The summed E-state index contributed by atoms with van der Waals surface area (Å²) in [7, 11) is 0. The van der Waals surface area contributed by atoms with Crippen molar-refractivity contribution in [1.29, 1.82) is 0 Å². The van der Waals surface area contributed by atoms with E-state index >= 15 is 0 Å². The lowest BCUT2D eigenvalue weighted by Gasteiger charge is -2.52. The zero-order chi connectivity index (χ0) is 14.8. The van der Waals surface area contributed by atoms with Gasteiger partial charge in [-0.3, -0.25) is 4.79 Å². The molecule has 1 heterocycles. The molecular weight excluding hydrogens is 290 g/mol. The summed E-state index contributed by atoms with van der Waals surface area (Å²) in [4.78, 5) is 17.6. The minimum Gasteiger partial charge on any atom is -0.468 e. The highest BCUT2D eigenvalue weighted by Gasteiger charge is 2.73. The summed E-state index contributed by atoms with van der Waals surface area (Å²) in [5.41, 5.74) is -0.304. The van der Waals surface area contributed by atoms with Gasteiger partial charge >= 0.3 is 0 Å². The number of carbonyl (C=O) groups excluding carboxylic acids is 1. The van der Waals surface area contributed by atoms with Crippen molar-refractivity contribution >= 4 is 23.3 Å². The first-order valence-corrected chi connectivity index (χ1v) is 7.62. The molecule has 5 heteroatoms. The zero-order valence-electron chi connectivity index (χ0n) is 11.7. The Kier molecular flexibility index (Phi) is 2.58. The predicted octanol–water partition coefficient (Wildman–Crippen LogP) is 2.26. The summed E-state index contributed by atoms with van der Waals surface area (Å²) in [6, 6.07) is 7.49. The summed E-state index contributed by atoms with van der Waals surface area (Å²) >= 11 is 6.35. The molecule has 21 heavy (non-hydrogen) atoms. The van der Waals surface area contributed by atoms with Crippen molar-refractivity contribution in [2.75, 3.05) is 0 Å². The lowest BCUT2D eigenvalue weighted by Crippen LogP contribution is -2.59. The maximum absolute atomic E-state index is 12.9. The Morgan fingerprint density at radius 2 is 2.19 bits per heavy atom. The van der Waals surface area contributed by atoms with Gasteiger partial charge in [-0.05, 0) is 31.4 Å². The fraction of sp³-hybridized carbons (Fsp3) is 0.500. The number of hydrogen-bond donors (Lipinski definition) is 1. The lowest BCUT2D eigenvalue weighted by molar-refractivity contribution is -0.130. The third kappa shape index (κ3) is 1.44. The largest absolute Gasteiger partial charge is 0.468 e. The molecule has 2 saturated carbocycles. The van der Waals surface area contributed by atoms with Crippen LogP contribution in [0.3, 0.4) is 0 Å². The third-order valence-corrected chi connectivity index (χ3v) is 5.55. The summed E-state index contributed by atoms with van der Waals surface area (Å²) in [6.07, 6.45) is 0.866. The number of halogens is 1. The predicted molar refractivity (Wildman–Crippen MR) is 78.7 cm³/mol. The summed E-state index contributed by atoms with van der Waals surface area (Å²) in [5.74, 6) is 0.342. The van der Waals surface area contributed by atoms with E-state index < -0.39 is 23.2 Å². The van der Waals surface area contributed by atoms with E-state index in [1.165, 1.54) is 0 Å². The Balaban J connectivity index is 1.91. The average molecular weight is 306 g/mol. The maximum atomic E-state index is 12.9. The van der Waals surface area contributed by atoms with Gasteiger partial charge in [-0.1, -0.05) is 29.8 Å². The molecule has 4 rings (SSSR count). The van der Waals surface area contributed by atoms with Crippen molar-refractivity contribution in [3.63, 3.8) is 0 Å². The van der Waals surface area contributed by atoms with Crippen molar-refractivity contribution in [1.82, 2.24) is 0 Å². The zero-order valence-corrected chi connectivity index (χ0v) is 12.4. The van der Waals surface area contributed by atoms with E-state index in [4.69, 9.17) is 16.3 Å². The molecule has 0 radical (unpaired) electrons. The third-order valence-electron chi connectivity index (χ3n) is 5.22. The molecule has 4 nitrogen and oxygen atoms in total. The minimum absolute atomic E-state index is 0.0567. The number of benzene rings is 1. The number of hydrogen-bond acceptors (Lipinski definition) is 4. The number of ketones is 1. The molecule has 2 bridgehead atoms. The molecule has 3 aliphatic rings. The second-order valence-electron chi connectivity index (χ2n) is 6.22. The van der Waals surface area contributed by atoms with Crippen LogP contribution in [0.4, 0.5) is 0 Å². The van der Waals surface area contributed by atoms with Crippen molar-refractivity contribution in [2.24, 2.45) is 4.99 Å². The Morgan fingerprint density at radius 3 is 2.81 bits per heavy atom. The van der Waals surface area contributed by atoms with Crippen LogP contribution in [0.1, 0.15) is 31.7 Å². The molecule has 110 valence electrons. The molecule has 2 aliphatic carbocycles. The first-order chi connectivity index (χ1) is 10.0. The number of aliphatic hydroxyl groups is 1. The van der Waals surface area contributed by atoms with Gasteiger partial charge in [0.25, 0.3) is 0 Å². The Hall–Kier alpha value is -1.39. The van der Waals surface area contributed by atoms with Gasteiger partial charge in [0.2, 0.25) is 5.90 Å². The van der Waals surface area contributed by atoms with Crippen LogP contribution >= 0.6 is 11.6 Å². The van der Waals surface area contributed by atoms with Crippen molar-refractivity contribution in [3.8, 4) is 0 Å². The molecule has 1 aromatic rings. The topological polar surface area (TPSA) is 58.9 Å². The second-order valence-corrected chi connectivity index (χ2v) is 6.62. The van der Waals surface area contributed by atoms with Gasteiger partial charge in [-0.15, -0.1) is 0 Å². The van der Waals surface area contributed by atoms with Crippen LogP contribution in [0.25, 0.3) is 0 Å². The van der Waals surface area contributed by atoms with Gasteiger partial charge < -0.3 is 9.84 Å². The van der Waals surface area contributed by atoms with Crippen LogP contribution in [0.5, 0.6) is 0 Å². The molecule has 0 saturated heterocycles. The molecule has 1 N–H and O–H groups in total. The number of ether oxygens (including phenoxy) is 1. The molecule has 4 atom stereocenters. The SMILES string of the molecule is CC(O)C1=NC23CCC2(c2ccccc2Cl)C(=O)C(C3)O1. The Bertz CT molecular complexity index is 671. The van der Waals surface area contributed by atoms with Crippen LogP contribution in [-0.2, 0) is 14.9 Å². The first kappa shape index (κ1) is 13.3. The van der Waals surface area contributed by atoms with Crippen molar-refractivity contribution < 1.29 is 14.6 Å². The maximum Gasteiger partial charge on any atom is 0.214 e.